The standard InChI is InChI=1S/C22H28N4O2/c27-21(22(28)24-18-19-8-3-1-4-9-19)23-12-7-13-25-14-16-26(17-15-25)20-10-5-2-6-11-20/h1-6,8-11H,7,12-18H2,(H,23,27)(H,24,28). The van der Waals surface area contributed by atoms with Crippen molar-refractivity contribution in [3.63, 3.8) is 0 Å². The summed E-state index contributed by atoms with van der Waals surface area (Å²) in [6, 6.07) is 20.0. The first kappa shape index (κ1) is 19.9. The van der Waals surface area contributed by atoms with Gasteiger partial charge in [0.1, 0.15) is 0 Å². The SMILES string of the molecule is O=C(NCCCN1CCN(c2ccccc2)CC1)C(=O)NCc1ccccc1. The second-order valence-electron chi connectivity index (χ2n) is 6.94. The van der Waals surface area contributed by atoms with E-state index in [1.54, 1.807) is 0 Å². The zero-order valence-corrected chi connectivity index (χ0v) is 16.1. The minimum Gasteiger partial charge on any atom is -0.369 e. The van der Waals surface area contributed by atoms with Crippen molar-refractivity contribution in [2.24, 2.45) is 0 Å². The molecule has 0 aliphatic carbocycles. The van der Waals surface area contributed by atoms with Crippen LogP contribution >= 0.6 is 0 Å². The molecule has 1 fully saturated rings. The number of anilines is 1. The average molecular weight is 380 g/mol. The highest BCUT2D eigenvalue weighted by Crippen LogP contribution is 2.15. The van der Waals surface area contributed by atoms with E-state index in [2.05, 4.69) is 44.7 Å². The maximum atomic E-state index is 11.9. The molecule has 0 aromatic heterocycles. The van der Waals surface area contributed by atoms with Crippen LogP contribution in [-0.4, -0.2) is 56.0 Å². The minimum absolute atomic E-state index is 0.360. The maximum Gasteiger partial charge on any atom is 0.309 e. The lowest BCUT2D eigenvalue weighted by Crippen LogP contribution is -2.47. The van der Waals surface area contributed by atoms with E-state index in [1.165, 1.54) is 5.69 Å². The average Bonchev–Trinajstić information content (AvgIpc) is 2.76. The molecule has 148 valence electrons. The van der Waals surface area contributed by atoms with Gasteiger partial charge in [-0.1, -0.05) is 48.5 Å². The predicted molar refractivity (Wildman–Crippen MR) is 111 cm³/mol. The fourth-order valence-corrected chi connectivity index (χ4v) is 3.31. The Morgan fingerprint density at radius 1 is 0.786 bits per heavy atom. The number of amides is 2. The molecule has 1 aliphatic rings. The topological polar surface area (TPSA) is 64.7 Å². The highest BCUT2D eigenvalue weighted by Gasteiger charge is 2.17. The molecule has 1 aliphatic heterocycles. The summed E-state index contributed by atoms with van der Waals surface area (Å²) >= 11 is 0. The van der Waals surface area contributed by atoms with Crippen LogP contribution in [0.1, 0.15) is 12.0 Å². The fourth-order valence-electron chi connectivity index (χ4n) is 3.31. The Labute approximate surface area is 166 Å². The lowest BCUT2D eigenvalue weighted by Gasteiger charge is -2.36. The molecular formula is C22H28N4O2. The van der Waals surface area contributed by atoms with E-state index < -0.39 is 11.8 Å². The van der Waals surface area contributed by atoms with E-state index in [0.29, 0.717) is 13.1 Å². The minimum atomic E-state index is -0.583. The number of nitrogens with zero attached hydrogens (tertiary/aromatic N) is 2. The van der Waals surface area contributed by atoms with Crippen LogP contribution in [0.15, 0.2) is 60.7 Å². The normalized spacial score (nSPS) is 14.5. The van der Waals surface area contributed by atoms with E-state index in [1.807, 2.05) is 36.4 Å². The van der Waals surface area contributed by atoms with Gasteiger partial charge in [-0.25, -0.2) is 0 Å². The molecule has 0 unspecified atom stereocenters. The number of rotatable bonds is 7. The summed E-state index contributed by atoms with van der Waals surface area (Å²) in [6.45, 7) is 5.85. The first-order valence-electron chi connectivity index (χ1n) is 9.85. The summed E-state index contributed by atoms with van der Waals surface area (Å²) in [5.74, 6) is -1.15. The van der Waals surface area contributed by atoms with E-state index in [4.69, 9.17) is 0 Å². The zero-order valence-electron chi connectivity index (χ0n) is 16.1. The van der Waals surface area contributed by atoms with Gasteiger partial charge in [0.15, 0.2) is 0 Å². The van der Waals surface area contributed by atoms with E-state index in [9.17, 15) is 9.59 Å². The zero-order chi connectivity index (χ0) is 19.6. The third-order valence-electron chi connectivity index (χ3n) is 4.93. The largest absolute Gasteiger partial charge is 0.369 e. The number of para-hydroxylation sites is 1. The van der Waals surface area contributed by atoms with E-state index >= 15 is 0 Å². The third kappa shape index (κ3) is 6.09. The van der Waals surface area contributed by atoms with Crippen LogP contribution in [0.2, 0.25) is 0 Å². The van der Waals surface area contributed by atoms with Crippen LogP contribution in [0.5, 0.6) is 0 Å². The Morgan fingerprint density at radius 2 is 1.39 bits per heavy atom. The molecule has 0 spiro atoms. The summed E-state index contributed by atoms with van der Waals surface area (Å²) in [5, 5.41) is 5.35. The van der Waals surface area contributed by atoms with Crippen molar-refractivity contribution < 1.29 is 9.59 Å². The monoisotopic (exact) mass is 380 g/mol. The number of carbonyl (C=O) groups excluding carboxylic acids is 2. The van der Waals surface area contributed by atoms with Crippen LogP contribution in [0.25, 0.3) is 0 Å². The number of hydrogen-bond acceptors (Lipinski definition) is 4. The summed E-state index contributed by atoms with van der Waals surface area (Å²) in [4.78, 5) is 28.5. The highest BCUT2D eigenvalue weighted by atomic mass is 16.2. The van der Waals surface area contributed by atoms with Gasteiger partial charge in [-0.3, -0.25) is 14.5 Å². The predicted octanol–water partition coefficient (Wildman–Crippen LogP) is 1.63. The third-order valence-corrected chi connectivity index (χ3v) is 4.93. The molecule has 6 heteroatoms. The van der Waals surface area contributed by atoms with Crippen molar-refractivity contribution >= 4 is 17.5 Å². The Hall–Kier alpha value is -2.86. The number of piperazine rings is 1. The van der Waals surface area contributed by atoms with Crippen molar-refractivity contribution in [3.05, 3.63) is 66.2 Å². The van der Waals surface area contributed by atoms with E-state index in [0.717, 1.165) is 44.7 Å². The molecule has 6 nitrogen and oxygen atoms in total. The first-order valence-corrected chi connectivity index (χ1v) is 9.85. The molecular weight excluding hydrogens is 352 g/mol. The summed E-state index contributed by atoms with van der Waals surface area (Å²) in [5.41, 5.74) is 2.24. The van der Waals surface area contributed by atoms with Gasteiger partial charge in [0.2, 0.25) is 0 Å². The second kappa shape index (κ2) is 10.5. The summed E-state index contributed by atoms with van der Waals surface area (Å²) in [7, 11) is 0. The molecule has 2 N–H and O–H groups in total. The number of nitrogens with one attached hydrogen (secondary N) is 2. The first-order chi connectivity index (χ1) is 13.7. The molecule has 2 amide bonds. The van der Waals surface area contributed by atoms with E-state index in [-0.39, 0.29) is 0 Å². The van der Waals surface area contributed by atoms with Gasteiger partial charge in [-0.05, 0) is 30.7 Å². The molecule has 2 aromatic rings. The van der Waals surface area contributed by atoms with Crippen LogP contribution < -0.4 is 15.5 Å². The number of benzene rings is 2. The van der Waals surface area contributed by atoms with Crippen LogP contribution in [-0.2, 0) is 16.1 Å². The Bertz CT molecular complexity index is 744. The van der Waals surface area contributed by atoms with Crippen LogP contribution in [0, 0.1) is 0 Å². The van der Waals surface area contributed by atoms with Crippen molar-refractivity contribution in [1.29, 1.82) is 0 Å². The van der Waals surface area contributed by atoms with Gasteiger partial charge in [-0.15, -0.1) is 0 Å². The van der Waals surface area contributed by atoms with Crippen LogP contribution in [0.4, 0.5) is 5.69 Å². The molecule has 0 bridgehead atoms. The van der Waals surface area contributed by atoms with Gasteiger partial charge >= 0.3 is 11.8 Å². The molecule has 0 saturated carbocycles. The van der Waals surface area contributed by atoms with Crippen LogP contribution in [0.3, 0.4) is 0 Å². The Balaban J connectivity index is 1.27. The number of hydrogen-bond donors (Lipinski definition) is 2. The lowest BCUT2D eigenvalue weighted by molar-refractivity contribution is -0.139. The molecule has 1 heterocycles. The van der Waals surface area contributed by atoms with Crippen molar-refractivity contribution in [1.82, 2.24) is 15.5 Å². The quantitative estimate of drug-likeness (QED) is 0.566. The smallest absolute Gasteiger partial charge is 0.309 e. The summed E-state index contributed by atoms with van der Waals surface area (Å²) < 4.78 is 0. The lowest BCUT2D eigenvalue weighted by atomic mass is 10.2. The highest BCUT2D eigenvalue weighted by molar-refractivity contribution is 6.35. The Kier molecular flexibility index (Phi) is 7.44. The molecule has 28 heavy (non-hydrogen) atoms. The second-order valence-corrected chi connectivity index (χ2v) is 6.94. The number of carbonyl (C=O) groups is 2. The van der Waals surface area contributed by atoms with Gasteiger partial charge in [-0.2, -0.15) is 0 Å². The van der Waals surface area contributed by atoms with Gasteiger partial charge in [0.25, 0.3) is 0 Å². The van der Waals surface area contributed by atoms with Gasteiger partial charge in [0.05, 0.1) is 0 Å². The molecule has 2 aromatic carbocycles. The molecule has 1 saturated heterocycles. The van der Waals surface area contributed by atoms with Crippen molar-refractivity contribution in [2.75, 3.05) is 44.2 Å². The molecule has 3 rings (SSSR count). The Morgan fingerprint density at radius 3 is 2.07 bits per heavy atom. The van der Waals surface area contributed by atoms with Crippen molar-refractivity contribution in [3.8, 4) is 0 Å². The van der Waals surface area contributed by atoms with Gasteiger partial charge < -0.3 is 15.5 Å². The summed E-state index contributed by atoms with van der Waals surface area (Å²) in [6.07, 6.45) is 0.836. The van der Waals surface area contributed by atoms with Gasteiger partial charge in [0, 0.05) is 45.0 Å². The fraction of sp³-hybridized carbons (Fsp3) is 0.364. The maximum absolute atomic E-state index is 11.9. The molecule has 0 radical (unpaired) electrons. The molecule has 0 atom stereocenters. The van der Waals surface area contributed by atoms with Crippen molar-refractivity contribution in [2.45, 2.75) is 13.0 Å².